The van der Waals surface area contributed by atoms with Crippen LogP contribution in [0.3, 0.4) is 0 Å². The molecular formula is C21H26N2O2. The number of hydrogen-bond acceptors (Lipinski definition) is 4. The van der Waals surface area contributed by atoms with E-state index in [1.54, 1.807) is 0 Å². The molecule has 3 rings (SSSR count). The number of nitrogens with zero attached hydrogens (tertiary/aromatic N) is 2. The van der Waals surface area contributed by atoms with Crippen molar-refractivity contribution in [2.75, 3.05) is 26.7 Å². The Bertz CT molecular complexity index is 660. The fourth-order valence-corrected chi connectivity index (χ4v) is 3.43. The summed E-state index contributed by atoms with van der Waals surface area (Å²) in [6.07, 6.45) is 0.798. The van der Waals surface area contributed by atoms with Gasteiger partial charge in [0.15, 0.2) is 0 Å². The summed E-state index contributed by atoms with van der Waals surface area (Å²) in [5.41, 5.74) is 2.54. The van der Waals surface area contributed by atoms with Gasteiger partial charge in [-0.2, -0.15) is 0 Å². The first kappa shape index (κ1) is 17.6. The van der Waals surface area contributed by atoms with Crippen molar-refractivity contribution in [2.24, 2.45) is 0 Å². The third kappa shape index (κ3) is 4.91. The number of benzene rings is 2. The maximum atomic E-state index is 12.3. The third-order valence-electron chi connectivity index (χ3n) is 4.81. The number of esters is 1. The summed E-state index contributed by atoms with van der Waals surface area (Å²) >= 11 is 0. The largest absolute Gasteiger partial charge is 0.468 e. The maximum Gasteiger partial charge on any atom is 0.323 e. The number of methoxy groups -OCH3 is 1. The molecule has 2 aromatic carbocycles. The van der Waals surface area contributed by atoms with Crippen molar-refractivity contribution in [1.29, 1.82) is 0 Å². The zero-order valence-corrected chi connectivity index (χ0v) is 14.8. The van der Waals surface area contributed by atoms with Crippen LogP contribution in [0.25, 0.3) is 0 Å². The van der Waals surface area contributed by atoms with Gasteiger partial charge in [-0.1, -0.05) is 60.7 Å². The molecule has 4 nitrogen and oxygen atoms in total. The fraction of sp³-hybridized carbons (Fsp3) is 0.381. The van der Waals surface area contributed by atoms with E-state index in [1.807, 2.05) is 24.3 Å². The van der Waals surface area contributed by atoms with E-state index in [-0.39, 0.29) is 12.0 Å². The van der Waals surface area contributed by atoms with Crippen LogP contribution in [0.1, 0.15) is 17.5 Å². The molecule has 1 aliphatic rings. The van der Waals surface area contributed by atoms with Crippen LogP contribution in [0.2, 0.25) is 0 Å². The first-order valence-electron chi connectivity index (χ1n) is 8.88. The Balaban J connectivity index is 1.69. The summed E-state index contributed by atoms with van der Waals surface area (Å²) in [5, 5.41) is 0. The van der Waals surface area contributed by atoms with E-state index in [2.05, 4.69) is 46.2 Å². The minimum Gasteiger partial charge on any atom is -0.468 e. The Kier molecular flexibility index (Phi) is 6.20. The normalized spacial score (nSPS) is 19.3. The van der Waals surface area contributed by atoms with E-state index in [9.17, 15) is 4.79 Å². The predicted molar refractivity (Wildman–Crippen MR) is 99.0 cm³/mol. The minimum absolute atomic E-state index is 0.127. The molecule has 0 bridgehead atoms. The average Bonchev–Trinajstić information content (AvgIpc) is 2.85. The van der Waals surface area contributed by atoms with Crippen LogP contribution in [0.5, 0.6) is 0 Å². The van der Waals surface area contributed by atoms with Crippen molar-refractivity contribution in [3.8, 4) is 0 Å². The molecule has 0 spiro atoms. The Morgan fingerprint density at radius 1 is 0.920 bits per heavy atom. The molecule has 25 heavy (non-hydrogen) atoms. The second kappa shape index (κ2) is 8.79. The monoisotopic (exact) mass is 338 g/mol. The molecule has 1 fully saturated rings. The van der Waals surface area contributed by atoms with Crippen LogP contribution in [-0.2, 0) is 22.6 Å². The SMILES string of the molecule is COC(=O)C1CCN(Cc2ccccc2)CCN1Cc1ccccc1. The van der Waals surface area contributed by atoms with Crippen LogP contribution in [-0.4, -0.2) is 48.6 Å². The molecule has 0 aliphatic carbocycles. The van der Waals surface area contributed by atoms with Crippen molar-refractivity contribution in [2.45, 2.75) is 25.6 Å². The smallest absolute Gasteiger partial charge is 0.323 e. The van der Waals surface area contributed by atoms with Gasteiger partial charge in [-0.25, -0.2) is 0 Å². The summed E-state index contributed by atoms with van der Waals surface area (Å²) in [5.74, 6) is -0.127. The van der Waals surface area contributed by atoms with Crippen LogP contribution in [0, 0.1) is 0 Å². The van der Waals surface area contributed by atoms with E-state index >= 15 is 0 Å². The summed E-state index contributed by atoms with van der Waals surface area (Å²) in [4.78, 5) is 17.0. The highest BCUT2D eigenvalue weighted by Crippen LogP contribution is 2.18. The van der Waals surface area contributed by atoms with Gasteiger partial charge in [-0.05, 0) is 17.5 Å². The lowest BCUT2D eigenvalue weighted by atomic mass is 10.1. The molecule has 0 amide bonds. The Morgan fingerprint density at radius 2 is 1.52 bits per heavy atom. The highest BCUT2D eigenvalue weighted by Gasteiger charge is 2.30. The van der Waals surface area contributed by atoms with Crippen molar-refractivity contribution in [3.05, 3.63) is 71.8 Å². The maximum absolute atomic E-state index is 12.3. The van der Waals surface area contributed by atoms with E-state index in [4.69, 9.17) is 4.74 Å². The molecule has 1 heterocycles. The van der Waals surface area contributed by atoms with Crippen molar-refractivity contribution in [3.63, 3.8) is 0 Å². The molecule has 0 aromatic heterocycles. The van der Waals surface area contributed by atoms with Gasteiger partial charge >= 0.3 is 5.97 Å². The van der Waals surface area contributed by atoms with E-state index in [0.29, 0.717) is 0 Å². The zero-order valence-electron chi connectivity index (χ0n) is 14.8. The van der Waals surface area contributed by atoms with Gasteiger partial charge < -0.3 is 4.74 Å². The molecule has 1 atom stereocenters. The van der Waals surface area contributed by atoms with Crippen molar-refractivity contribution in [1.82, 2.24) is 9.80 Å². The molecule has 4 heteroatoms. The summed E-state index contributed by atoms with van der Waals surface area (Å²) in [6.45, 7) is 4.42. The lowest BCUT2D eigenvalue weighted by molar-refractivity contribution is -0.147. The van der Waals surface area contributed by atoms with Gasteiger partial charge in [-0.15, -0.1) is 0 Å². The number of carbonyl (C=O) groups excluding carboxylic acids is 1. The van der Waals surface area contributed by atoms with E-state index in [0.717, 1.165) is 39.1 Å². The lowest BCUT2D eigenvalue weighted by Crippen LogP contribution is -2.41. The van der Waals surface area contributed by atoms with Gasteiger partial charge in [0.25, 0.3) is 0 Å². The third-order valence-corrected chi connectivity index (χ3v) is 4.81. The molecule has 1 unspecified atom stereocenters. The second-order valence-electron chi connectivity index (χ2n) is 6.55. The minimum atomic E-state index is -0.175. The highest BCUT2D eigenvalue weighted by atomic mass is 16.5. The second-order valence-corrected chi connectivity index (χ2v) is 6.55. The average molecular weight is 338 g/mol. The topological polar surface area (TPSA) is 32.8 Å². The van der Waals surface area contributed by atoms with Gasteiger partial charge in [0, 0.05) is 32.7 Å². The van der Waals surface area contributed by atoms with Crippen LogP contribution < -0.4 is 0 Å². The fourth-order valence-electron chi connectivity index (χ4n) is 3.43. The molecule has 0 saturated carbocycles. The number of rotatable bonds is 5. The highest BCUT2D eigenvalue weighted by molar-refractivity contribution is 5.75. The van der Waals surface area contributed by atoms with E-state index < -0.39 is 0 Å². The molecule has 1 saturated heterocycles. The number of carbonyl (C=O) groups is 1. The quantitative estimate of drug-likeness (QED) is 0.785. The van der Waals surface area contributed by atoms with Gasteiger partial charge in [0.05, 0.1) is 7.11 Å². The van der Waals surface area contributed by atoms with E-state index in [1.165, 1.54) is 18.2 Å². The zero-order chi connectivity index (χ0) is 17.5. The Hall–Kier alpha value is -2.17. The summed E-state index contributed by atoms with van der Waals surface area (Å²) in [6, 6.07) is 20.7. The van der Waals surface area contributed by atoms with Gasteiger partial charge in [0.1, 0.15) is 6.04 Å². The molecule has 0 N–H and O–H groups in total. The molecular weight excluding hydrogens is 312 g/mol. The lowest BCUT2D eigenvalue weighted by Gasteiger charge is -2.27. The number of ether oxygens (including phenoxy) is 1. The van der Waals surface area contributed by atoms with Gasteiger partial charge in [0.2, 0.25) is 0 Å². The summed E-state index contributed by atoms with van der Waals surface area (Å²) < 4.78 is 5.07. The van der Waals surface area contributed by atoms with Crippen molar-refractivity contribution < 1.29 is 9.53 Å². The van der Waals surface area contributed by atoms with Crippen LogP contribution in [0.4, 0.5) is 0 Å². The molecule has 2 aromatic rings. The first-order chi connectivity index (χ1) is 12.3. The van der Waals surface area contributed by atoms with Gasteiger partial charge in [-0.3, -0.25) is 14.6 Å². The molecule has 0 radical (unpaired) electrons. The first-order valence-corrected chi connectivity index (χ1v) is 8.88. The van der Waals surface area contributed by atoms with Crippen LogP contribution in [0.15, 0.2) is 60.7 Å². The van der Waals surface area contributed by atoms with Crippen molar-refractivity contribution >= 4 is 5.97 Å². The Morgan fingerprint density at radius 3 is 2.12 bits per heavy atom. The predicted octanol–water partition coefficient (Wildman–Crippen LogP) is 2.94. The van der Waals surface area contributed by atoms with Crippen LogP contribution >= 0.6 is 0 Å². The standard InChI is InChI=1S/C21H26N2O2/c1-25-21(24)20-12-13-22(16-18-8-4-2-5-9-18)14-15-23(20)17-19-10-6-3-7-11-19/h2-11,20H,12-17H2,1H3. The Labute approximate surface area is 150 Å². The molecule has 132 valence electrons. The summed E-state index contributed by atoms with van der Waals surface area (Å²) in [7, 11) is 1.48. The molecule has 1 aliphatic heterocycles. The number of hydrogen-bond donors (Lipinski definition) is 0.